The highest BCUT2D eigenvalue weighted by Crippen LogP contribution is 2.14. The second-order valence-corrected chi connectivity index (χ2v) is 7.11. The zero-order valence-corrected chi connectivity index (χ0v) is 16.1. The molecular formula is C21H25N3OS. The molecule has 26 heavy (non-hydrogen) atoms. The molecule has 5 heteroatoms. The SMILES string of the molecule is Cc1ccc(C(=O)N2CCN(C(=S)N[C@@H](C)c3ccccc3)CC2)cc1. The van der Waals surface area contributed by atoms with E-state index in [2.05, 4.69) is 29.3 Å². The molecule has 1 N–H and O–H groups in total. The predicted octanol–water partition coefficient (Wildman–Crippen LogP) is 3.39. The van der Waals surface area contributed by atoms with Crippen molar-refractivity contribution in [2.75, 3.05) is 26.2 Å². The summed E-state index contributed by atoms with van der Waals surface area (Å²) in [5.74, 6) is 0.0983. The summed E-state index contributed by atoms with van der Waals surface area (Å²) in [6.07, 6.45) is 0. The molecule has 1 atom stereocenters. The fourth-order valence-electron chi connectivity index (χ4n) is 3.09. The third-order valence-electron chi connectivity index (χ3n) is 4.79. The summed E-state index contributed by atoms with van der Waals surface area (Å²) in [6.45, 7) is 7.02. The standard InChI is InChI=1S/C21H25N3OS/c1-16-8-10-19(11-9-16)20(25)23-12-14-24(15-13-23)21(26)22-17(2)18-6-4-3-5-7-18/h3-11,17H,12-15H2,1-2H3,(H,22,26)/t17-/m0/s1. The number of thiocarbonyl (C=S) groups is 1. The summed E-state index contributed by atoms with van der Waals surface area (Å²) >= 11 is 5.57. The molecule has 3 rings (SSSR count). The summed E-state index contributed by atoms with van der Waals surface area (Å²) in [5.41, 5.74) is 3.13. The molecule has 1 aliphatic rings. The lowest BCUT2D eigenvalue weighted by Crippen LogP contribution is -2.53. The van der Waals surface area contributed by atoms with Crippen LogP contribution in [-0.2, 0) is 0 Å². The number of aryl methyl sites for hydroxylation is 1. The van der Waals surface area contributed by atoms with Gasteiger partial charge in [-0.25, -0.2) is 0 Å². The van der Waals surface area contributed by atoms with E-state index in [0.29, 0.717) is 13.1 Å². The number of nitrogens with zero attached hydrogens (tertiary/aromatic N) is 2. The van der Waals surface area contributed by atoms with Crippen molar-refractivity contribution in [2.24, 2.45) is 0 Å². The summed E-state index contributed by atoms with van der Waals surface area (Å²) in [7, 11) is 0. The molecule has 1 saturated heterocycles. The molecule has 0 radical (unpaired) electrons. The molecule has 1 fully saturated rings. The number of piperazine rings is 1. The van der Waals surface area contributed by atoms with Gasteiger partial charge in [-0.1, -0.05) is 48.0 Å². The highest BCUT2D eigenvalue weighted by molar-refractivity contribution is 7.80. The smallest absolute Gasteiger partial charge is 0.253 e. The van der Waals surface area contributed by atoms with Crippen LogP contribution in [0.2, 0.25) is 0 Å². The average Bonchev–Trinajstić information content (AvgIpc) is 2.69. The van der Waals surface area contributed by atoms with Gasteiger partial charge in [0.2, 0.25) is 0 Å². The number of carbonyl (C=O) groups is 1. The first-order valence-electron chi connectivity index (χ1n) is 9.01. The minimum absolute atomic E-state index is 0.0983. The van der Waals surface area contributed by atoms with Crippen LogP contribution in [0.25, 0.3) is 0 Å². The van der Waals surface area contributed by atoms with Crippen molar-refractivity contribution in [2.45, 2.75) is 19.9 Å². The first kappa shape index (κ1) is 18.4. The Morgan fingerprint density at radius 3 is 2.15 bits per heavy atom. The molecular weight excluding hydrogens is 342 g/mol. The zero-order chi connectivity index (χ0) is 18.5. The lowest BCUT2D eigenvalue weighted by atomic mass is 10.1. The highest BCUT2D eigenvalue weighted by Gasteiger charge is 2.24. The van der Waals surface area contributed by atoms with Crippen LogP contribution in [0.4, 0.5) is 0 Å². The minimum atomic E-state index is 0.0983. The van der Waals surface area contributed by atoms with Gasteiger partial charge in [0, 0.05) is 31.7 Å². The van der Waals surface area contributed by atoms with Crippen molar-refractivity contribution in [3.8, 4) is 0 Å². The zero-order valence-electron chi connectivity index (χ0n) is 15.3. The van der Waals surface area contributed by atoms with Gasteiger partial charge in [-0.3, -0.25) is 4.79 Å². The van der Waals surface area contributed by atoms with E-state index in [4.69, 9.17) is 12.2 Å². The van der Waals surface area contributed by atoms with E-state index in [0.717, 1.165) is 29.3 Å². The molecule has 0 saturated carbocycles. The predicted molar refractivity (Wildman–Crippen MR) is 109 cm³/mol. The molecule has 0 aliphatic carbocycles. The quantitative estimate of drug-likeness (QED) is 0.844. The van der Waals surface area contributed by atoms with E-state index in [9.17, 15) is 4.79 Å². The number of amides is 1. The molecule has 1 aliphatic heterocycles. The van der Waals surface area contributed by atoms with Crippen LogP contribution in [-0.4, -0.2) is 47.0 Å². The van der Waals surface area contributed by atoms with Crippen molar-refractivity contribution < 1.29 is 4.79 Å². The minimum Gasteiger partial charge on any atom is -0.356 e. The second-order valence-electron chi connectivity index (χ2n) is 6.73. The Bertz CT molecular complexity index is 753. The van der Waals surface area contributed by atoms with Crippen LogP contribution in [0.3, 0.4) is 0 Å². The largest absolute Gasteiger partial charge is 0.356 e. The van der Waals surface area contributed by atoms with E-state index >= 15 is 0 Å². The van der Waals surface area contributed by atoms with Gasteiger partial charge >= 0.3 is 0 Å². The molecule has 1 amide bonds. The number of hydrogen-bond acceptors (Lipinski definition) is 2. The van der Waals surface area contributed by atoms with Crippen molar-refractivity contribution in [1.29, 1.82) is 0 Å². The van der Waals surface area contributed by atoms with Gasteiger partial charge in [0.25, 0.3) is 5.91 Å². The van der Waals surface area contributed by atoms with E-state index in [1.54, 1.807) is 0 Å². The normalized spacial score (nSPS) is 15.5. The maximum Gasteiger partial charge on any atom is 0.253 e. The van der Waals surface area contributed by atoms with Crippen LogP contribution in [0.15, 0.2) is 54.6 Å². The van der Waals surface area contributed by atoms with E-state index in [-0.39, 0.29) is 11.9 Å². The van der Waals surface area contributed by atoms with E-state index in [1.165, 1.54) is 5.56 Å². The highest BCUT2D eigenvalue weighted by atomic mass is 32.1. The number of carbonyl (C=O) groups excluding carboxylic acids is 1. The molecule has 0 spiro atoms. The van der Waals surface area contributed by atoms with Crippen LogP contribution < -0.4 is 5.32 Å². The molecule has 0 bridgehead atoms. The maximum absolute atomic E-state index is 12.6. The Morgan fingerprint density at radius 2 is 1.54 bits per heavy atom. The molecule has 1 heterocycles. The fourth-order valence-corrected chi connectivity index (χ4v) is 3.45. The Hall–Kier alpha value is -2.40. The summed E-state index contributed by atoms with van der Waals surface area (Å²) in [6, 6.07) is 18.2. The summed E-state index contributed by atoms with van der Waals surface area (Å²) in [4.78, 5) is 16.7. The van der Waals surface area contributed by atoms with E-state index in [1.807, 2.05) is 54.3 Å². The van der Waals surface area contributed by atoms with Gasteiger partial charge in [0.15, 0.2) is 5.11 Å². The van der Waals surface area contributed by atoms with Gasteiger partial charge in [-0.15, -0.1) is 0 Å². The van der Waals surface area contributed by atoms with Gasteiger partial charge in [-0.05, 0) is 43.8 Å². The lowest BCUT2D eigenvalue weighted by molar-refractivity contribution is 0.0691. The number of hydrogen-bond donors (Lipinski definition) is 1. The lowest BCUT2D eigenvalue weighted by Gasteiger charge is -2.37. The van der Waals surface area contributed by atoms with Gasteiger partial charge in [-0.2, -0.15) is 0 Å². The molecule has 2 aromatic carbocycles. The molecule has 0 aromatic heterocycles. The summed E-state index contributed by atoms with van der Waals surface area (Å²) in [5, 5.41) is 4.16. The summed E-state index contributed by atoms with van der Waals surface area (Å²) < 4.78 is 0. The number of benzene rings is 2. The van der Waals surface area contributed by atoms with Crippen LogP contribution in [0.1, 0.15) is 34.5 Å². The van der Waals surface area contributed by atoms with Crippen LogP contribution >= 0.6 is 12.2 Å². The fraction of sp³-hybridized carbons (Fsp3) is 0.333. The topological polar surface area (TPSA) is 35.6 Å². The maximum atomic E-state index is 12.6. The third-order valence-corrected chi connectivity index (χ3v) is 5.17. The van der Waals surface area contributed by atoms with Crippen LogP contribution in [0.5, 0.6) is 0 Å². The van der Waals surface area contributed by atoms with Crippen LogP contribution in [0, 0.1) is 6.92 Å². The van der Waals surface area contributed by atoms with Crippen molar-refractivity contribution >= 4 is 23.2 Å². The third kappa shape index (κ3) is 4.41. The van der Waals surface area contributed by atoms with Gasteiger partial charge in [0.05, 0.1) is 6.04 Å². The molecule has 4 nitrogen and oxygen atoms in total. The molecule has 0 unspecified atom stereocenters. The molecule has 2 aromatic rings. The Morgan fingerprint density at radius 1 is 0.962 bits per heavy atom. The molecule has 136 valence electrons. The average molecular weight is 368 g/mol. The number of rotatable bonds is 3. The van der Waals surface area contributed by atoms with Crippen molar-refractivity contribution in [3.63, 3.8) is 0 Å². The Labute approximate surface area is 160 Å². The van der Waals surface area contributed by atoms with Crippen molar-refractivity contribution in [3.05, 3.63) is 71.3 Å². The first-order chi connectivity index (χ1) is 12.5. The van der Waals surface area contributed by atoms with Gasteiger partial charge < -0.3 is 15.1 Å². The van der Waals surface area contributed by atoms with Gasteiger partial charge in [0.1, 0.15) is 0 Å². The number of nitrogens with one attached hydrogen (secondary N) is 1. The Kier molecular flexibility index (Phi) is 5.89. The van der Waals surface area contributed by atoms with Crippen molar-refractivity contribution in [1.82, 2.24) is 15.1 Å². The second kappa shape index (κ2) is 8.32. The van der Waals surface area contributed by atoms with E-state index < -0.39 is 0 Å². The monoisotopic (exact) mass is 367 g/mol. The Balaban J connectivity index is 1.52. The first-order valence-corrected chi connectivity index (χ1v) is 9.42.